The van der Waals surface area contributed by atoms with Crippen LogP contribution in [0.1, 0.15) is 10.4 Å². The van der Waals surface area contributed by atoms with Crippen LogP contribution >= 0.6 is 0 Å². The minimum absolute atomic E-state index is 0.273. The highest BCUT2D eigenvalue weighted by molar-refractivity contribution is 6.39. The molecule has 0 saturated carbocycles. The number of benzene rings is 2. The summed E-state index contributed by atoms with van der Waals surface area (Å²) in [5.41, 5.74) is 4.90. The van der Waals surface area contributed by atoms with Gasteiger partial charge in [0.15, 0.2) is 0 Å². The van der Waals surface area contributed by atoms with E-state index in [0.717, 1.165) is 0 Å². The van der Waals surface area contributed by atoms with Gasteiger partial charge in [-0.1, -0.05) is 6.07 Å². The fourth-order valence-corrected chi connectivity index (χ4v) is 1.87. The zero-order chi connectivity index (χ0) is 18.2. The van der Waals surface area contributed by atoms with E-state index in [1.54, 1.807) is 42.5 Å². The smallest absolute Gasteiger partial charge is 0.328 e. The van der Waals surface area contributed by atoms with Crippen LogP contribution in [0, 0.1) is 0 Å². The van der Waals surface area contributed by atoms with Crippen LogP contribution in [0.15, 0.2) is 48.5 Å². The summed E-state index contributed by atoms with van der Waals surface area (Å²) < 4.78 is 10.0. The van der Waals surface area contributed by atoms with Gasteiger partial charge in [-0.2, -0.15) is 0 Å². The summed E-state index contributed by atoms with van der Waals surface area (Å²) in [5.74, 6) is -1.39. The lowest BCUT2D eigenvalue weighted by atomic mass is 10.2. The topological polar surface area (TPSA) is 106 Å². The number of hydrazine groups is 1. The van der Waals surface area contributed by atoms with Crippen molar-refractivity contribution in [2.24, 2.45) is 0 Å². The van der Waals surface area contributed by atoms with Crippen LogP contribution in [0.4, 0.5) is 5.69 Å². The molecule has 8 heteroatoms. The van der Waals surface area contributed by atoms with E-state index >= 15 is 0 Å². The first-order valence-corrected chi connectivity index (χ1v) is 7.23. The first-order valence-electron chi connectivity index (χ1n) is 7.23. The van der Waals surface area contributed by atoms with Gasteiger partial charge in [-0.05, 0) is 42.5 Å². The minimum Gasteiger partial charge on any atom is -0.497 e. The fraction of sp³-hybridized carbons (Fsp3) is 0.118. The summed E-state index contributed by atoms with van der Waals surface area (Å²) in [6, 6.07) is 12.8. The van der Waals surface area contributed by atoms with Crippen LogP contribution in [0.5, 0.6) is 11.5 Å². The predicted molar refractivity (Wildman–Crippen MR) is 90.2 cm³/mol. The summed E-state index contributed by atoms with van der Waals surface area (Å²) in [6.07, 6.45) is 0. The molecule has 130 valence electrons. The third-order valence-electron chi connectivity index (χ3n) is 3.18. The number of nitrogens with one attached hydrogen (secondary N) is 3. The van der Waals surface area contributed by atoms with Crippen molar-refractivity contribution in [2.45, 2.75) is 0 Å². The Balaban J connectivity index is 1.87. The third-order valence-corrected chi connectivity index (χ3v) is 3.18. The van der Waals surface area contributed by atoms with Crippen LogP contribution in [0.2, 0.25) is 0 Å². The van der Waals surface area contributed by atoms with Crippen molar-refractivity contribution in [3.8, 4) is 11.5 Å². The van der Waals surface area contributed by atoms with Gasteiger partial charge >= 0.3 is 11.8 Å². The van der Waals surface area contributed by atoms with E-state index in [4.69, 9.17) is 9.47 Å². The van der Waals surface area contributed by atoms with Crippen LogP contribution in [-0.2, 0) is 9.59 Å². The second kappa shape index (κ2) is 8.34. The minimum atomic E-state index is -1.01. The number of methoxy groups -OCH3 is 2. The largest absolute Gasteiger partial charge is 0.497 e. The number of carbonyl (C=O) groups excluding carboxylic acids is 3. The van der Waals surface area contributed by atoms with Crippen molar-refractivity contribution < 1.29 is 23.9 Å². The molecule has 8 nitrogen and oxygen atoms in total. The SMILES string of the molecule is COc1ccc(NC(=O)C(=O)NNC(=O)c2cccc(OC)c2)cc1. The average molecular weight is 343 g/mol. The molecule has 0 atom stereocenters. The van der Waals surface area contributed by atoms with Crippen molar-refractivity contribution in [3.63, 3.8) is 0 Å². The molecule has 0 spiro atoms. The number of ether oxygens (including phenoxy) is 2. The first kappa shape index (κ1) is 17.8. The molecule has 3 amide bonds. The molecule has 0 aliphatic carbocycles. The van der Waals surface area contributed by atoms with Crippen LogP contribution < -0.4 is 25.6 Å². The lowest BCUT2D eigenvalue weighted by Crippen LogP contribution is -2.46. The van der Waals surface area contributed by atoms with E-state index in [1.807, 2.05) is 5.43 Å². The number of anilines is 1. The number of rotatable bonds is 4. The van der Waals surface area contributed by atoms with Gasteiger partial charge in [0, 0.05) is 11.3 Å². The van der Waals surface area contributed by atoms with Gasteiger partial charge in [0.1, 0.15) is 11.5 Å². The lowest BCUT2D eigenvalue weighted by Gasteiger charge is -2.09. The molecule has 0 aliphatic rings. The van der Waals surface area contributed by atoms with Crippen molar-refractivity contribution in [1.82, 2.24) is 10.9 Å². The Hall–Kier alpha value is -3.55. The van der Waals surface area contributed by atoms with E-state index in [1.165, 1.54) is 20.3 Å². The fourth-order valence-electron chi connectivity index (χ4n) is 1.87. The van der Waals surface area contributed by atoms with Gasteiger partial charge in [-0.15, -0.1) is 0 Å². The summed E-state index contributed by atoms with van der Waals surface area (Å²) in [7, 11) is 2.99. The lowest BCUT2D eigenvalue weighted by molar-refractivity contribution is -0.136. The Morgan fingerprint density at radius 3 is 2.12 bits per heavy atom. The molecule has 0 heterocycles. The number of hydrogen-bond donors (Lipinski definition) is 3. The van der Waals surface area contributed by atoms with Gasteiger partial charge < -0.3 is 14.8 Å². The first-order chi connectivity index (χ1) is 12.0. The number of carbonyl (C=O) groups is 3. The molecule has 0 fully saturated rings. The maximum atomic E-state index is 11.9. The summed E-state index contributed by atoms with van der Waals surface area (Å²) in [4.78, 5) is 35.5. The number of hydrogen-bond acceptors (Lipinski definition) is 5. The van der Waals surface area contributed by atoms with Crippen LogP contribution in [0.3, 0.4) is 0 Å². The van der Waals surface area contributed by atoms with Gasteiger partial charge in [-0.25, -0.2) is 0 Å². The van der Waals surface area contributed by atoms with Gasteiger partial charge in [0.05, 0.1) is 14.2 Å². The van der Waals surface area contributed by atoms with Gasteiger partial charge in [0.2, 0.25) is 0 Å². The molecule has 0 aromatic heterocycles. The monoisotopic (exact) mass is 343 g/mol. The van der Waals surface area contributed by atoms with Crippen molar-refractivity contribution >= 4 is 23.4 Å². The van der Waals surface area contributed by atoms with E-state index in [-0.39, 0.29) is 5.56 Å². The molecule has 2 aromatic carbocycles. The maximum absolute atomic E-state index is 11.9. The van der Waals surface area contributed by atoms with E-state index in [9.17, 15) is 14.4 Å². The summed E-state index contributed by atoms with van der Waals surface area (Å²) in [6.45, 7) is 0. The molecule has 0 aliphatic heterocycles. The Kier molecular flexibility index (Phi) is 5.94. The zero-order valence-corrected chi connectivity index (χ0v) is 13.7. The highest BCUT2D eigenvalue weighted by atomic mass is 16.5. The average Bonchev–Trinajstić information content (AvgIpc) is 2.66. The highest BCUT2D eigenvalue weighted by Gasteiger charge is 2.15. The zero-order valence-electron chi connectivity index (χ0n) is 13.7. The molecule has 25 heavy (non-hydrogen) atoms. The molecule has 0 saturated heterocycles. The van der Waals surface area contributed by atoms with Crippen LogP contribution in [0.25, 0.3) is 0 Å². The molecule has 0 bridgehead atoms. The van der Waals surface area contributed by atoms with Gasteiger partial charge in [-0.3, -0.25) is 25.2 Å². The molecule has 3 N–H and O–H groups in total. The predicted octanol–water partition coefficient (Wildman–Crippen LogP) is 1.10. The Morgan fingerprint density at radius 1 is 0.800 bits per heavy atom. The maximum Gasteiger partial charge on any atom is 0.328 e. The normalized spacial score (nSPS) is 9.68. The summed E-state index contributed by atoms with van der Waals surface area (Å²) >= 11 is 0. The third kappa shape index (κ3) is 4.96. The molecule has 2 aromatic rings. The van der Waals surface area contributed by atoms with E-state index < -0.39 is 17.7 Å². The van der Waals surface area contributed by atoms with Gasteiger partial charge in [0.25, 0.3) is 5.91 Å². The second-order valence-electron chi connectivity index (χ2n) is 4.82. The van der Waals surface area contributed by atoms with Crippen molar-refractivity contribution in [1.29, 1.82) is 0 Å². The molecular weight excluding hydrogens is 326 g/mol. The second-order valence-corrected chi connectivity index (χ2v) is 4.82. The molecular formula is C17H17N3O5. The molecule has 0 unspecified atom stereocenters. The standard InChI is InChI=1S/C17H17N3O5/c1-24-13-8-6-12(7-9-13)18-16(22)17(23)20-19-15(21)11-4-3-5-14(10-11)25-2/h3-10H,1-2H3,(H,18,22)(H,19,21)(H,20,23). The van der Waals surface area contributed by atoms with Crippen molar-refractivity contribution in [3.05, 3.63) is 54.1 Å². The molecule has 0 radical (unpaired) electrons. The Labute approximate surface area is 144 Å². The van der Waals surface area contributed by atoms with Crippen LogP contribution in [-0.4, -0.2) is 31.9 Å². The quantitative estimate of drug-likeness (QED) is 0.569. The van der Waals surface area contributed by atoms with E-state index in [2.05, 4.69) is 10.7 Å². The molecule has 2 rings (SSSR count). The Bertz CT molecular complexity index is 774. The van der Waals surface area contributed by atoms with Crippen molar-refractivity contribution in [2.75, 3.05) is 19.5 Å². The number of amides is 3. The van der Waals surface area contributed by atoms with E-state index in [0.29, 0.717) is 17.2 Å². The summed E-state index contributed by atoms with van der Waals surface area (Å²) in [5, 5.41) is 2.40. The highest BCUT2D eigenvalue weighted by Crippen LogP contribution is 2.15. The Morgan fingerprint density at radius 2 is 1.48 bits per heavy atom.